The van der Waals surface area contributed by atoms with E-state index in [4.69, 9.17) is 13.7 Å². The minimum absolute atomic E-state index is 0. The summed E-state index contributed by atoms with van der Waals surface area (Å²) in [5.74, 6) is 0.677. The van der Waals surface area contributed by atoms with E-state index >= 15 is 0 Å². The molecule has 0 spiro atoms. The predicted molar refractivity (Wildman–Crippen MR) is 109 cm³/mol. The molecule has 1 unspecified atom stereocenters. The molecule has 164 valence electrons. The Morgan fingerprint density at radius 3 is 2.00 bits per heavy atom. The van der Waals surface area contributed by atoms with Crippen LogP contribution in [0, 0.1) is 0 Å². The van der Waals surface area contributed by atoms with Gasteiger partial charge in [0.1, 0.15) is 0 Å². The predicted octanol–water partition coefficient (Wildman–Crippen LogP) is -0.117. The molecule has 0 aliphatic carbocycles. The fourth-order valence-electron chi connectivity index (χ4n) is 2.31. The summed E-state index contributed by atoms with van der Waals surface area (Å²) in [7, 11) is 0. The molecular formula is C17H33N3O7S. The molecule has 0 bridgehead atoms. The van der Waals surface area contributed by atoms with Crippen LogP contribution in [0.2, 0.25) is 0 Å². The van der Waals surface area contributed by atoms with Crippen molar-refractivity contribution < 1.29 is 19.1 Å². The van der Waals surface area contributed by atoms with E-state index in [9.17, 15) is 14.4 Å². The van der Waals surface area contributed by atoms with Crippen molar-refractivity contribution >= 4 is 12.0 Å². The lowest BCUT2D eigenvalue weighted by Gasteiger charge is -2.12. The molecule has 1 aliphatic heterocycles. The Bertz CT molecular complexity index is 723. The fraction of sp³-hybridized carbons (Fsp3) is 0.824. The first-order chi connectivity index (χ1) is 13.0. The summed E-state index contributed by atoms with van der Waals surface area (Å²) in [6.07, 6.45) is 0.511. The van der Waals surface area contributed by atoms with Crippen molar-refractivity contribution in [2.45, 2.75) is 59.9 Å². The van der Waals surface area contributed by atoms with Gasteiger partial charge < -0.3 is 19.1 Å². The summed E-state index contributed by atoms with van der Waals surface area (Å²) in [4.78, 5) is 36.8. The van der Waals surface area contributed by atoms with Gasteiger partial charge in [-0.25, -0.2) is 28.1 Å². The van der Waals surface area contributed by atoms with Crippen LogP contribution in [0.25, 0.3) is 0 Å². The van der Waals surface area contributed by atoms with Gasteiger partial charge >= 0.3 is 17.1 Å². The van der Waals surface area contributed by atoms with Gasteiger partial charge in [-0.1, -0.05) is 0 Å². The van der Waals surface area contributed by atoms with E-state index in [2.05, 4.69) is 0 Å². The fourth-order valence-corrected chi connectivity index (χ4v) is 2.84. The van der Waals surface area contributed by atoms with Gasteiger partial charge in [0.2, 0.25) is 0 Å². The van der Waals surface area contributed by atoms with Crippen LogP contribution in [0.1, 0.15) is 34.1 Å². The normalized spacial score (nSPS) is 14.8. The Morgan fingerprint density at radius 2 is 1.54 bits per heavy atom. The number of ether oxygens (including phenoxy) is 2. The van der Waals surface area contributed by atoms with Crippen LogP contribution in [-0.4, -0.2) is 57.5 Å². The first-order valence-electron chi connectivity index (χ1n) is 9.39. The number of epoxide rings is 1. The van der Waals surface area contributed by atoms with E-state index in [1.165, 1.54) is 12.0 Å². The third kappa shape index (κ3) is 8.31. The average Bonchev–Trinajstić information content (AvgIpc) is 3.47. The highest BCUT2D eigenvalue weighted by Crippen LogP contribution is 2.09. The largest absolute Gasteiger partial charge is 0.412 e. The van der Waals surface area contributed by atoms with Crippen molar-refractivity contribution in [2.75, 3.05) is 32.2 Å². The number of rotatable bonds is 11. The zero-order valence-electron chi connectivity index (χ0n) is 17.1. The molecule has 0 radical (unpaired) electrons. The molecule has 10 nitrogen and oxygen atoms in total. The number of nitrogens with zero attached hydrogens (tertiary/aromatic N) is 3. The molecule has 2 rings (SSSR count). The third-order valence-electron chi connectivity index (χ3n) is 3.71. The van der Waals surface area contributed by atoms with Crippen LogP contribution >= 0.6 is 12.0 Å². The summed E-state index contributed by atoms with van der Waals surface area (Å²) >= 11 is 1.31. The van der Waals surface area contributed by atoms with Gasteiger partial charge in [-0.2, -0.15) is 0 Å². The SMILES string of the molecule is CCOCC.CCOSCCCn1c(=O)n(CC)c(=O)n(CC2CO2)c1=O.O. The molecule has 0 aromatic carbocycles. The van der Waals surface area contributed by atoms with Crippen molar-refractivity contribution in [1.29, 1.82) is 0 Å². The molecule has 1 fully saturated rings. The van der Waals surface area contributed by atoms with Crippen molar-refractivity contribution in [1.82, 2.24) is 13.7 Å². The van der Waals surface area contributed by atoms with Crippen LogP contribution in [0.5, 0.6) is 0 Å². The maximum atomic E-state index is 12.4. The molecule has 1 aromatic rings. The van der Waals surface area contributed by atoms with E-state index < -0.39 is 17.1 Å². The van der Waals surface area contributed by atoms with Gasteiger partial charge in [0.15, 0.2) is 0 Å². The molecule has 28 heavy (non-hydrogen) atoms. The lowest BCUT2D eigenvalue weighted by atomic mass is 10.4. The molecule has 0 saturated carbocycles. The van der Waals surface area contributed by atoms with Crippen molar-refractivity contribution in [3.8, 4) is 0 Å². The third-order valence-corrected chi connectivity index (χ3v) is 4.57. The van der Waals surface area contributed by atoms with E-state index in [0.717, 1.165) is 26.9 Å². The van der Waals surface area contributed by atoms with Crippen molar-refractivity contribution in [2.24, 2.45) is 0 Å². The molecule has 1 saturated heterocycles. The van der Waals surface area contributed by atoms with E-state index in [1.54, 1.807) is 6.92 Å². The molecule has 11 heteroatoms. The summed E-state index contributed by atoms with van der Waals surface area (Å²) in [6.45, 7) is 11.1. The lowest BCUT2D eigenvalue weighted by molar-refractivity contribution is 0.162. The topological polar surface area (TPSA) is 128 Å². The van der Waals surface area contributed by atoms with Gasteiger partial charge in [0, 0.05) is 32.1 Å². The van der Waals surface area contributed by atoms with E-state index in [1.807, 2.05) is 20.8 Å². The van der Waals surface area contributed by atoms with Gasteiger partial charge in [-0.3, -0.25) is 0 Å². The minimum Gasteiger partial charge on any atom is -0.412 e. The highest BCUT2D eigenvalue weighted by atomic mass is 32.2. The molecule has 0 amide bonds. The smallest absolute Gasteiger partial charge is 0.336 e. The Kier molecular flexibility index (Phi) is 13.8. The van der Waals surface area contributed by atoms with Gasteiger partial charge in [0.05, 0.1) is 25.9 Å². The highest BCUT2D eigenvalue weighted by molar-refractivity contribution is 7.94. The molecular weight excluding hydrogens is 390 g/mol. The Labute approximate surface area is 168 Å². The highest BCUT2D eigenvalue weighted by Gasteiger charge is 2.26. The first-order valence-corrected chi connectivity index (χ1v) is 10.3. The average molecular weight is 424 g/mol. The minimum atomic E-state index is -0.562. The Morgan fingerprint density at radius 1 is 0.964 bits per heavy atom. The lowest BCUT2D eigenvalue weighted by Crippen LogP contribution is -2.54. The van der Waals surface area contributed by atoms with Gasteiger partial charge in [-0.05, 0) is 46.2 Å². The van der Waals surface area contributed by atoms with Crippen LogP contribution in [-0.2, 0) is 33.3 Å². The molecule has 1 atom stereocenters. The second-order valence-corrected chi connectivity index (χ2v) is 6.55. The van der Waals surface area contributed by atoms with Crippen LogP contribution in [0.3, 0.4) is 0 Å². The van der Waals surface area contributed by atoms with Crippen LogP contribution < -0.4 is 17.1 Å². The maximum Gasteiger partial charge on any atom is 0.336 e. The summed E-state index contributed by atoms with van der Waals surface area (Å²) in [5, 5.41) is 0. The van der Waals surface area contributed by atoms with Crippen LogP contribution in [0.15, 0.2) is 14.4 Å². The number of hydrogen-bond acceptors (Lipinski definition) is 7. The second-order valence-electron chi connectivity index (χ2n) is 5.67. The molecule has 2 heterocycles. The van der Waals surface area contributed by atoms with Crippen molar-refractivity contribution in [3.63, 3.8) is 0 Å². The number of aromatic nitrogens is 3. The van der Waals surface area contributed by atoms with Crippen LogP contribution in [0.4, 0.5) is 0 Å². The van der Waals surface area contributed by atoms with Crippen molar-refractivity contribution in [3.05, 3.63) is 31.5 Å². The van der Waals surface area contributed by atoms with E-state index in [0.29, 0.717) is 25.4 Å². The van der Waals surface area contributed by atoms with Gasteiger partial charge in [-0.15, -0.1) is 0 Å². The first kappa shape index (κ1) is 26.6. The Balaban J connectivity index is 0.00000108. The summed E-state index contributed by atoms with van der Waals surface area (Å²) in [5.41, 5.74) is -1.67. The second kappa shape index (κ2) is 14.6. The molecule has 2 N–H and O–H groups in total. The zero-order valence-corrected chi connectivity index (χ0v) is 18.0. The molecule has 1 aromatic heterocycles. The monoisotopic (exact) mass is 423 g/mol. The Hall–Kier alpha value is -1.40. The van der Waals surface area contributed by atoms with E-state index in [-0.39, 0.29) is 31.2 Å². The van der Waals surface area contributed by atoms with Gasteiger partial charge in [0.25, 0.3) is 0 Å². The quantitative estimate of drug-likeness (QED) is 0.276. The summed E-state index contributed by atoms with van der Waals surface area (Å²) < 4.78 is 18.4. The number of hydrogen-bond donors (Lipinski definition) is 0. The molecule has 1 aliphatic rings. The summed E-state index contributed by atoms with van der Waals surface area (Å²) in [6, 6.07) is 0. The zero-order chi connectivity index (χ0) is 20.2. The maximum absolute atomic E-state index is 12.4. The standard InChI is InChI=1S/C13H21N3O5S.C4H10O.H2O/c1-3-14-11(17)15(6-5-7-22-21-4-2)13(19)16(12(14)18)8-10-9-20-10;1-3-5-4-2;/h10H,3-9H2,1-2H3;3-4H2,1-2H3;1H2.